The summed E-state index contributed by atoms with van der Waals surface area (Å²) in [5.41, 5.74) is 2.52. The van der Waals surface area contributed by atoms with Crippen LogP contribution >= 0.6 is 22.6 Å². The van der Waals surface area contributed by atoms with Crippen molar-refractivity contribution < 1.29 is 28.2 Å². The van der Waals surface area contributed by atoms with Gasteiger partial charge >= 0.3 is 6.03 Å². The summed E-state index contributed by atoms with van der Waals surface area (Å²) in [6.07, 6.45) is 2.22. The van der Waals surface area contributed by atoms with Crippen LogP contribution in [0, 0.1) is 9.39 Å². The molecule has 184 valence electrons. The minimum Gasteiger partial charge on any atom is -0.493 e. The molecule has 0 bridgehead atoms. The van der Waals surface area contributed by atoms with Crippen molar-refractivity contribution >= 4 is 52.2 Å². The lowest BCUT2D eigenvalue weighted by molar-refractivity contribution is -0.122. The van der Waals surface area contributed by atoms with E-state index in [2.05, 4.69) is 27.9 Å². The lowest BCUT2D eigenvalue weighted by atomic mass is 10.1. The Bertz CT molecular complexity index is 1350. The third-order valence-corrected chi connectivity index (χ3v) is 6.36. The van der Waals surface area contributed by atoms with Crippen molar-refractivity contribution in [1.82, 2.24) is 5.32 Å². The van der Waals surface area contributed by atoms with Crippen LogP contribution in [0.5, 0.6) is 11.5 Å². The average molecular weight is 600 g/mol. The molecule has 3 aromatic carbocycles. The van der Waals surface area contributed by atoms with Crippen LogP contribution in [-0.4, -0.2) is 25.0 Å². The maximum atomic E-state index is 13.2. The third kappa shape index (κ3) is 5.40. The van der Waals surface area contributed by atoms with Crippen molar-refractivity contribution in [3.63, 3.8) is 0 Å². The van der Waals surface area contributed by atoms with E-state index in [1.807, 2.05) is 19.1 Å². The summed E-state index contributed by atoms with van der Waals surface area (Å²) in [6.45, 7) is 2.20. The molecule has 1 fully saturated rings. The molecule has 0 aromatic heterocycles. The molecule has 0 atom stereocenters. The Hall–Kier alpha value is -3.73. The Balaban J connectivity index is 1.62. The zero-order valence-corrected chi connectivity index (χ0v) is 21.7. The van der Waals surface area contributed by atoms with Gasteiger partial charge in [-0.25, -0.2) is 14.1 Å². The quantitative estimate of drug-likeness (QED) is 0.228. The van der Waals surface area contributed by atoms with E-state index in [4.69, 9.17) is 9.47 Å². The average Bonchev–Trinajstić information content (AvgIpc) is 2.87. The minimum absolute atomic E-state index is 0.188. The lowest BCUT2D eigenvalue weighted by Crippen LogP contribution is -2.54. The van der Waals surface area contributed by atoms with Crippen molar-refractivity contribution in [2.24, 2.45) is 0 Å². The van der Waals surface area contributed by atoms with Gasteiger partial charge in [0.25, 0.3) is 11.8 Å². The number of benzene rings is 3. The van der Waals surface area contributed by atoms with E-state index < -0.39 is 17.8 Å². The molecule has 1 N–H and O–H groups in total. The van der Waals surface area contributed by atoms with Gasteiger partial charge in [-0.2, -0.15) is 0 Å². The van der Waals surface area contributed by atoms with Crippen LogP contribution in [0.2, 0.25) is 0 Å². The Kier molecular flexibility index (Phi) is 7.68. The molecule has 9 heteroatoms. The van der Waals surface area contributed by atoms with Crippen LogP contribution in [-0.2, 0) is 22.6 Å². The number of methoxy groups -OCH3 is 1. The summed E-state index contributed by atoms with van der Waals surface area (Å²) in [7, 11) is 1.48. The number of nitrogens with zero attached hydrogens (tertiary/aromatic N) is 1. The van der Waals surface area contributed by atoms with Crippen LogP contribution in [0.3, 0.4) is 0 Å². The summed E-state index contributed by atoms with van der Waals surface area (Å²) < 4.78 is 25.2. The molecule has 0 aliphatic carbocycles. The van der Waals surface area contributed by atoms with Crippen LogP contribution in [0.25, 0.3) is 6.08 Å². The minimum atomic E-state index is -0.803. The number of hydrogen-bond donors (Lipinski definition) is 1. The highest BCUT2D eigenvalue weighted by Crippen LogP contribution is 2.35. The standard InChI is InChI=1S/C27H22FIN2O5/c1-3-16-6-10-20(11-7-16)31-26(33)21(25(32)30-27(31)34)12-18-13-22(29)24(23(14-18)35-2)36-15-17-4-8-19(28)9-5-17/h4-14H,3,15H2,1-2H3,(H,30,32,34)/b21-12-. The zero-order valence-electron chi connectivity index (χ0n) is 19.5. The monoisotopic (exact) mass is 600 g/mol. The van der Waals surface area contributed by atoms with Gasteiger partial charge in [-0.15, -0.1) is 0 Å². The van der Waals surface area contributed by atoms with Gasteiger partial charge in [0.2, 0.25) is 0 Å². The van der Waals surface area contributed by atoms with Crippen molar-refractivity contribution in [1.29, 1.82) is 0 Å². The largest absolute Gasteiger partial charge is 0.493 e. The summed E-state index contributed by atoms with van der Waals surface area (Å²) in [5, 5.41) is 2.23. The molecule has 0 spiro atoms. The van der Waals surface area contributed by atoms with Gasteiger partial charge in [0.05, 0.1) is 16.4 Å². The second kappa shape index (κ2) is 10.9. The van der Waals surface area contributed by atoms with E-state index in [0.29, 0.717) is 26.3 Å². The zero-order chi connectivity index (χ0) is 25.8. The summed E-state index contributed by atoms with van der Waals surface area (Å²) in [6, 6.07) is 15.5. The molecule has 36 heavy (non-hydrogen) atoms. The van der Waals surface area contributed by atoms with Crippen LogP contribution in [0.1, 0.15) is 23.6 Å². The second-order valence-corrected chi connectivity index (χ2v) is 9.09. The Morgan fingerprint density at radius 3 is 2.31 bits per heavy atom. The number of ether oxygens (including phenoxy) is 2. The number of urea groups is 1. The number of barbiturate groups is 1. The summed E-state index contributed by atoms with van der Waals surface area (Å²) in [5.74, 6) is -0.974. The number of imide groups is 2. The first-order valence-corrected chi connectivity index (χ1v) is 12.1. The molecular formula is C27H22FIN2O5. The molecule has 0 radical (unpaired) electrons. The van der Waals surface area contributed by atoms with Crippen molar-refractivity contribution in [3.05, 3.63) is 92.3 Å². The van der Waals surface area contributed by atoms with E-state index in [-0.39, 0.29) is 18.0 Å². The molecule has 4 amide bonds. The Morgan fingerprint density at radius 2 is 1.67 bits per heavy atom. The first kappa shape index (κ1) is 25.4. The molecule has 3 aromatic rings. The van der Waals surface area contributed by atoms with Gasteiger partial charge in [0.15, 0.2) is 11.5 Å². The lowest BCUT2D eigenvalue weighted by Gasteiger charge is -2.26. The van der Waals surface area contributed by atoms with E-state index in [1.54, 1.807) is 36.4 Å². The van der Waals surface area contributed by atoms with E-state index in [1.165, 1.54) is 25.3 Å². The Morgan fingerprint density at radius 1 is 1.00 bits per heavy atom. The summed E-state index contributed by atoms with van der Waals surface area (Å²) in [4.78, 5) is 39.1. The van der Waals surface area contributed by atoms with Crippen LogP contribution in [0.15, 0.2) is 66.2 Å². The van der Waals surface area contributed by atoms with Gasteiger partial charge in [0.1, 0.15) is 18.0 Å². The van der Waals surface area contributed by atoms with E-state index >= 15 is 0 Å². The summed E-state index contributed by atoms with van der Waals surface area (Å²) >= 11 is 2.07. The first-order valence-electron chi connectivity index (χ1n) is 11.1. The molecule has 0 unspecified atom stereocenters. The van der Waals surface area contributed by atoms with E-state index in [0.717, 1.165) is 22.4 Å². The van der Waals surface area contributed by atoms with Crippen molar-refractivity contribution in [2.45, 2.75) is 20.0 Å². The number of anilines is 1. The molecule has 0 saturated carbocycles. The number of carbonyl (C=O) groups excluding carboxylic acids is 3. The molecule has 4 rings (SSSR count). The van der Waals surface area contributed by atoms with Crippen molar-refractivity contribution in [3.8, 4) is 11.5 Å². The van der Waals surface area contributed by atoms with Gasteiger partial charge in [-0.05, 0) is 88.2 Å². The topological polar surface area (TPSA) is 84.9 Å². The Labute approximate surface area is 221 Å². The number of hydrogen-bond acceptors (Lipinski definition) is 5. The van der Waals surface area contributed by atoms with Crippen LogP contribution < -0.4 is 19.7 Å². The fourth-order valence-electron chi connectivity index (χ4n) is 3.64. The third-order valence-electron chi connectivity index (χ3n) is 5.56. The normalized spacial score (nSPS) is 14.7. The number of amides is 4. The van der Waals surface area contributed by atoms with Gasteiger partial charge < -0.3 is 9.47 Å². The smallest absolute Gasteiger partial charge is 0.335 e. The predicted octanol–water partition coefficient (Wildman–Crippen LogP) is 5.25. The van der Waals surface area contributed by atoms with Gasteiger partial charge in [0, 0.05) is 0 Å². The highest BCUT2D eigenvalue weighted by Gasteiger charge is 2.36. The van der Waals surface area contributed by atoms with Crippen LogP contribution in [0.4, 0.5) is 14.9 Å². The molecular weight excluding hydrogens is 578 g/mol. The van der Waals surface area contributed by atoms with Gasteiger partial charge in [-0.1, -0.05) is 31.2 Å². The molecule has 7 nitrogen and oxygen atoms in total. The molecule has 1 saturated heterocycles. The fraction of sp³-hybridized carbons (Fsp3) is 0.148. The van der Waals surface area contributed by atoms with Crippen molar-refractivity contribution in [2.75, 3.05) is 12.0 Å². The fourth-order valence-corrected chi connectivity index (χ4v) is 4.42. The molecule has 1 aliphatic heterocycles. The van der Waals surface area contributed by atoms with E-state index in [9.17, 15) is 18.8 Å². The SMILES string of the molecule is CCc1ccc(N2C(=O)NC(=O)/C(=C/c3cc(I)c(OCc4ccc(F)cc4)c(OC)c3)C2=O)cc1. The molecule has 1 heterocycles. The molecule has 1 aliphatic rings. The second-order valence-electron chi connectivity index (χ2n) is 7.93. The highest BCUT2D eigenvalue weighted by atomic mass is 127. The number of nitrogens with one attached hydrogen (secondary N) is 1. The first-order chi connectivity index (χ1) is 17.3. The number of rotatable bonds is 7. The maximum absolute atomic E-state index is 13.2. The number of carbonyl (C=O) groups is 3. The van der Waals surface area contributed by atoms with Gasteiger partial charge in [-0.3, -0.25) is 14.9 Å². The predicted molar refractivity (Wildman–Crippen MR) is 141 cm³/mol. The maximum Gasteiger partial charge on any atom is 0.335 e. The highest BCUT2D eigenvalue weighted by molar-refractivity contribution is 14.1. The number of aryl methyl sites for hydroxylation is 1. The number of halogens is 2.